The van der Waals surface area contributed by atoms with Crippen LogP contribution in [0.25, 0.3) is 0 Å². The molecule has 0 aliphatic carbocycles. The van der Waals surface area contributed by atoms with Gasteiger partial charge in [0, 0.05) is 6.04 Å². The lowest BCUT2D eigenvalue weighted by Gasteiger charge is -2.29. The molecule has 0 radical (unpaired) electrons. The maximum absolute atomic E-state index is 12.3. The summed E-state index contributed by atoms with van der Waals surface area (Å²) in [5.74, 6) is 0.0581. The van der Waals surface area contributed by atoms with E-state index in [9.17, 15) is 9.59 Å². The number of hydrogen-bond acceptors (Lipinski definition) is 2. The molecule has 0 spiro atoms. The Morgan fingerprint density at radius 1 is 1.00 bits per heavy atom. The summed E-state index contributed by atoms with van der Waals surface area (Å²) in [6.45, 7) is 6.21. The first kappa shape index (κ1) is 12.8. The summed E-state index contributed by atoms with van der Waals surface area (Å²) in [6, 6.07) is 7.08. The number of rotatable bonds is 4. The number of benzene rings is 1. The van der Waals surface area contributed by atoms with Gasteiger partial charge in [-0.3, -0.25) is 14.5 Å². The highest BCUT2D eigenvalue weighted by molar-refractivity contribution is 6.21. The van der Waals surface area contributed by atoms with Gasteiger partial charge in [0.25, 0.3) is 11.8 Å². The molecule has 1 aliphatic heterocycles. The maximum Gasteiger partial charge on any atom is 0.261 e. The Morgan fingerprint density at radius 3 is 1.89 bits per heavy atom. The molecule has 1 aromatic carbocycles. The minimum atomic E-state index is -0.136. The van der Waals surface area contributed by atoms with Crippen molar-refractivity contribution >= 4 is 11.8 Å². The Balaban J connectivity index is 2.38. The summed E-state index contributed by atoms with van der Waals surface area (Å²) in [5.41, 5.74) is 1.09. The lowest BCUT2D eigenvalue weighted by atomic mass is 9.95. The van der Waals surface area contributed by atoms with E-state index < -0.39 is 0 Å². The minimum absolute atomic E-state index is 0.00222. The predicted octanol–water partition coefficient (Wildman–Crippen LogP) is 3.11. The van der Waals surface area contributed by atoms with E-state index in [-0.39, 0.29) is 17.9 Å². The Kier molecular flexibility index (Phi) is 3.50. The molecule has 0 unspecified atom stereocenters. The van der Waals surface area contributed by atoms with E-state index in [0.717, 1.165) is 12.8 Å². The van der Waals surface area contributed by atoms with Gasteiger partial charge in [-0.15, -0.1) is 0 Å². The number of nitrogens with zero attached hydrogens (tertiary/aromatic N) is 1. The topological polar surface area (TPSA) is 37.4 Å². The first-order chi connectivity index (χ1) is 8.61. The highest BCUT2D eigenvalue weighted by Crippen LogP contribution is 2.29. The van der Waals surface area contributed by atoms with Gasteiger partial charge in [-0.1, -0.05) is 39.3 Å². The minimum Gasteiger partial charge on any atom is -0.271 e. The fourth-order valence-electron chi connectivity index (χ4n) is 2.62. The molecule has 2 amide bonds. The summed E-state index contributed by atoms with van der Waals surface area (Å²) in [5, 5.41) is 0. The van der Waals surface area contributed by atoms with Gasteiger partial charge in [-0.05, 0) is 24.5 Å². The molecule has 2 atom stereocenters. The number of hydrogen-bond donors (Lipinski definition) is 0. The lowest BCUT2D eigenvalue weighted by Crippen LogP contribution is -2.43. The molecule has 0 fully saturated rings. The van der Waals surface area contributed by atoms with Crippen LogP contribution in [-0.4, -0.2) is 22.8 Å². The zero-order valence-corrected chi connectivity index (χ0v) is 11.1. The molecule has 0 bridgehead atoms. The van der Waals surface area contributed by atoms with Crippen molar-refractivity contribution in [1.29, 1.82) is 0 Å². The molecular weight excluding hydrogens is 226 g/mol. The van der Waals surface area contributed by atoms with Crippen molar-refractivity contribution in [1.82, 2.24) is 4.90 Å². The first-order valence-electron chi connectivity index (χ1n) is 6.58. The summed E-state index contributed by atoms with van der Waals surface area (Å²) in [4.78, 5) is 26.1. The van der Waals surface area contributed by atoms with Gasteiger partial charge in [0.2, 0.25) is 0 Å². The molecule has 1 aromatic rings. The molecule has 1 heterocycles. The third kappa shape index (κ3) is 1.84. The van der Waals surface area contributed by atoms with Crippen LogP contribution in [0.2, 0.25) is 0 Å². The van der Waals surface area contributed by atoms with Crippen LogP contribution in [-0.2, 0) is 0 Å². The first-order valence-corrected chi connectivity index (χ1v) is 6.58. The fraction of sp³-hybridized carbons (Fsp3) is 0.467. The second-order valence-corrected chi connectivity index (χ2v) is 4.89. The van der Waals surface area contributed by atoms with Crippen LogP contribution in [0.3, 0.4) is 0 Å². The van der Waals surface area contributed by atoms with Gasteiger partial charge in [0.05, 0.1) is 11.1 Å². The van der Waals surface area contributed by atoms with E-state index in [1.54, 1.807) is 24.3 Å². The largest absolute Gasteiger partial charge is 0.271 e. The van der Waals surface area contributed by atoms with Crippen molar-refractivity contribution in [3.63, 3.8) is 0 Å². The molecule has 0 aromatic heterocycles. The normalized spacial score (nSPS) is 17.8. The highest BCUT2D eigenvalue weighted by Gasteiger charge is 2.40. The Hall–Kier alpha value is -1.64. The molecule has 2 rings (SSSR count). The Morgan fingerprint density at radius 2 is 1.50 bits per heavy atom. The van der Waals surface area contributed by atoms with Gasteiger partial charge >= 0.3 is 0 Å². The van der Waals surface area contributed by atoms with Gasteiger partial charge in [-0.25, -0.2) is 0 Å². The Bertz CT molecular complexity index is 446. The number of amides is 2. The molecule has 3 nitrogen and oxygen atoms in total. The average molecular weight is 245 g/mol. The number of carbonyl (C=O) groups is 2. The van der Waals surface area contributed by atoms with Crippen LogP contribution < -0.4 is 0 Å². The van der Waals surface area contributed by atoms with Crippen molar-refractivity contribution in [2.75, 3.05) is 0 Å². The molecule has 0 saturated heterocycles. The van der Waals surface area contributed by atoms with Crippen LogP contribution in [0.5, 0.6) is 0 Å². The molecule has 1 aliphatic rings. The van der Waals surface area contributed by atoms with Crippen LogP contribution in [0.1, 0.15) is 54.3 Å². The average Bonchev–Trinajstić information content (AvgIpc) is 2.65. The van der Waals surface area contributed by atoms with Crippen LogP contribution in [0.15, 0.2) is 24.3 Å². The standard InChI is InChI=1S/C15H19NO2/c1-4-10(3)13(5-2)16-14(17)11-8-6-7-9-12(11)15(16)18/h6-10,13H,4-5H2,1-3H3/t10-,13+/m0/s1. The van der Waals surface area contributed by atoms with Gasteiger partial charge < -0.3 is 0 Å². The lowest BCUT2D eigenvalue weighted by molar-refractivity contribution is 0.0525. The second-order valence-electron chi connectivity index (χ2n) is 4.89. The number of imide groups is 1. The van der Waals surface area contributed by atoms with Gasteiger partial charge in [-0.2, -0.15) is 0 Å². The van der Waals surface area contributed by atoms with Crippen LogP contribution >= 0.6 is 0 Å². The van der Waals surface area contributed by atoms with E-state index in [2.05, 4.69) is 13.8 Å². The summed E-state index contributed by atoms with van der Waals surface area (Å²) in [6.07, 6.45) is 1.77. The summed E-state index contributed by atoms with van der Waals surface area (Å²) in [7, 11) is 0. The van der Waals surface area contributed by atoms with E-state index >= 15 is 0 Å². The van der Waals surface area contributed by atoms with Crippen LogP contribution in [0, 0.1) is 5.92 Å². The fourth-order valence-corrected chi connectivity index (χ4v) is 2.62. The SMILES string of the molecule is CC[C@H]([C@@H](C)CC)N1C(=O)c2ccccc2C1=O. The van der Waals surface area contributed by atoms with E-state index in [1.807, 2.05) is 6.92 Å². The zero-order chi connectivity index (χ0) is 13.3. The highest BCUT2D eigenvalue weighted by atomic mass is 16.2. The summed E-state index contributed by atoms with van der Waals surface area (Å²) >= 11 is 0. The Labute approximate surface area is 108 Å². The zero-order valence-electron chi connectivity index (χ0n) is 11.1. The van der Waals surface area contributed by atoms with E-state index in [4.69, 9.17) is 0 Å². The maximum atomic E-state index is 12.3. The van der Waals surface area contributed by atoms with Crippen molar-refractivity contribution in [2.45, 2.75) is 39.7 Å². The molecule has 3 heteroatoms. The number of fused-ring (bicyclic) bond motifs is 1. The molecular formula is C15H19NO2. The molecule has 0 saturated carbocycles. The number of carbonyl (C=O) groups excluding carboxylic acids is 2. The van der Waals surface area contributed by atoms with Crippen molar-refractivity contribution in [2.24, 2.45) is 5.92 Å². The third-order valence-electron chi connectivity index (χ3n) is 3.88. The van der Waals surface area contributed by atoms with Crippen molar-refractivity contribution in [3.05, 3.63) is 35.4 Å². The van der Waals surface area contributed by atoms with Crippen molar-refractivity contribution in [3.8, 4) is 0 Å². The second kappa shape index (κ2) is 4.92. The third-order valence-corrected chi connectivity index (χ3v) is 3.88. The summed E-state index contributed by atoms with van der Waals surface area (Å²) < 4.78 is 0. The molecule has 0 N–H and O–H groups in total. The smallest absolute Gasteiger partial charge is 0.261 e. The molecule has 18 heavy (non-hydrogen) atoms. The molecule has 96 valence electrons. The van der Waals surface area contributed by atoms with Gasteiger partial charge in [0.15, 0.2) is 0 Å². The van der Waals surface area contributed by atoms with Crippen molar-refractivity contribution < 1.29 is 9.59 Å². The van der Waals surface area contributed by atoms with E-state index in [1.165, 1.54) is 4.90 Å². The van der Waals surface area contributed by atoms with Gasteiger partial charge in [0.1, 0.15) is 0 Å². The quantitative estimate of drug-likeness (QED) is 0.764. The van der Waals surface area contributed by atoms with Crippen LogP contribution in [0.4, 0.5) is 0 Å². The predicted molar refractivity (Wildman–Crippen MR) is 70.5 cm³/mol. The van der Waals surface area contributed by atoms with E-state index in [0.29, 0.717) is 17.0 Å². The monoisotopic (exact) mass is 245 g/mol.